The molecule has 0 N–H and O–H groups in total. The lowest BCUT2D eigenvalue weighted by Gasteiger charge is -2.06. The first kappa shape index (κ1) is 9.06. The Morgan fingerprint density at radius 1 is 1.67 bits per heavy atom. The van der Waals surface area contributed by atoms with Crippen molar-refractivity contribution in [3.63, 3.8) is 0 Å². The Balaban J connectivity index is 2.14. The van der Waals surface area contributed by atoms with Crippen LogP contribution >= 0.6 is 0 Å². The van der Waals surface area contributed by atoms with Gasteiger partial charge in [-0.15, -0.1) is 0 Å². The Morgan fingerprint density at radius 2 is 2.50 bits per heavy atom. The average Bonchev–Trinajstić information content (AvgIpc) is 2.56. The summed E-state index contributed by atoms with van der Waals surface area (Å²) in [6.07, 6.45) is 3.21. The number of ether oxygens (including phenoxy) is 3. The second-order valence-electron chi connectivity index (χ2n) is 2.43. The number of hydrogen-bond acceptors (Lipinski definition) is 4. The first-order valence-electron chi connectivity index (χ1n) is 3.78. The third-order valence-corrected chi connectivity index (χ3v) is 1.52. The van der Waals surface area contributed by atoms with Crippen LogP contribution in [0.2, 0.25) is 0 Å². The Hall–Kier alpha value is -1.03. The molecule has 0 aromatic rings. The normalized spacial score (nSPS) is 20.6. The molecule has 1 aliphatic heterocycles. The standard InChI is InChI=1S/C8H12O4/c1-10-4-5-12-8(9)7-2-3-11-6-7/h2-3,7H,4-6H2,1H3. The summed E-state index contributed by atoms with van der Waals surface area (Å²) in [5.74, 6) is -0.484. The van der Waals surface area contributed by atoms with Crippen LogP contribution in [0.5, 0.6) is 0 Å². The molecule has 0 saturated heterocycles. The molecule has 1 rings (SSSR count). The van der Waals surface area contributed by atoms with E-state index in [0.29, 0.717) is 19.8 Å². The average molecular weight is 172 g/mol. The van der Waals surface area contributed by atoms with E-state index in [4.69, 9.17) is 14.2 Å². The van der Waals surface area contributed by atoms with Gasteiger partial charge in [0.15, 0.2) is 0 Å². The third kappa shape index (κ3) is 2.54. The molecule has 12 heavy (non-hydrogen) atoms. The van der Waals surface area contributed by atoms with E-state index in [0.717, 1.165) is 0 Å². The highest BCUT2D eigenvalue weighted by Crippen LogP contribution is 2.09. The summed E-state index contributed by atoms with van der Waals surface area (Å²) in [4.78, 5) is 11.1. The van der Waals surface area contributed by atoms with Crippen LogP contribution in [0.4, 0.5) is 0 Å². The molecular weight excluding hydrogens is 160 g/mol. The van der Waals surface area contributed by atoms with Crippen LogP contribution in [-0.4, -0.2) is 32.9 Å². The summed E-state index contributed by atoms with van der Waals surface area (Å²) in [7, 11) is 1.56. The molecule has 0 saturated carbocycles. The minimum atomic E-state index is -0.249. The van der Waals surface area contributed by atoms with Crippen LogP contribution in [0.15, 0.2) is 12.3 Å². The first-order chi connectivity index (χ1) is 5.84. The maximum absolute atomic E-state index is 11.1. The van der Waals surface area contributed by atoms with Crippen molar-refractivity contribution in [2.45, 2.75) is 0 Å². The number of esters is 1. The molecule has 0 spiro atoms. The van der Waals surface area contributed by atoms with E-state index in [1.807, 2.05) is 0 Å². The minimum Gasteiger partial charge on any atom is -0.500 e. The molecule has 0 radical (unpaired) electrons. The molecule has 0 aromatic heterocycles. The van der Waals surface area contributed by atoms with E-state index in [1.165, 1.54) is 6.26 Å². The number of methoxy groups -OCH3 is 1. The number of carbonyl (C=O) groups excluding carboxylic acids is 1. The Kier molecular flexibility index (Phi) is 3.60. The Morgan fingerprint density at radius 3 is 3.08 bits per heavy atom. The SMILES string of the molecule is COCCOC(=O)C1C=COC1. The smallest absolute Gasteiger partial charge is 0.316 e. The summed E-state index contributed by atoms with van der Waals surface area (Å²) in [5.41, 5.74) is 0. The molecule has 68 valence electrons. The molecule has 1 heterocycles. The van der Waals surface area contributed by atoms with E-state index in [2.05, 4.69) is 0 Å². The molecule has 0 fully saturated rings. The maximum atomic E-state index is 11.1. The summed E-state index contributed by atoms with van der Waals surface area (Å²) in [6, 6.07) is 0. The van der Waals surface area contributed by atoms with Crippen molar-refractivity contribution in [2.75, 3.05) is 26.9 Å². The van der Waals surface area contributed by atoms with Crippen molar-refractivity contribution in [1.29, 1.82) is 0 Å². The van der Waals surface area contributed by atoms with Crippen LogP contribution < -0.4 is 0 Å². The van der Waals surface area contributed by atoms with Crippen molar-refractivity contribution < 1.29 is 19.0 Å². The monoisotopic (exact) mass is 172 g/mol. The molecule has 0 amide bonds. The van der Waals surface area contributed by atoms with Gasteiger partial charge < -0.3 is 14.2 Å². The summed E-state index contributed by atoms with van der Waals surface area (Å²) >= 11 is 0. The number of carbonyl (C=O) groups is 1. The van der Waals surface area contributed by atoms with E-state index >= 15 is 0 Å². The molecule has 1 unspecified atom stereocenters. The largest absolute Gasteiger partial charge is 0.500 e. The fraction of sp³-hybridized carbons (Fsp3) is 0.625. The van der Waals surface area contributed by atoms with Gasteiger partial charge in [-0.3, -0.25) is 4.79 Å². The molecule has 0 bridgehead atoms. The van der Waals surface area contributed by atoms with Crippen molar-refractivity contribution in [2.24, 2.45) is 5.92 Å². The van der Waals surface area contributed by atoms with E-state index in [9.17, 15) is 4.79 Å². The fourth-order valence-corrected chi connectivity index (χ4v) is 0.844. The van der Waals surface area contributed by atoms with Gasteiger partial charge in [0, 0.05) is 7.11 Å². The predicted molar refractivity (Wildman–Crippen MR) is 41.4 cm³/mol. The zero-order valence-corrected chi connectivity index (χ0v) is 6.99. The van der Waals surface area contributed by atoms with Crippen molar-refractivity contribution in [3.05, 3.63) is 12.3 Å². The molecule has 1 aliphatic rings. The van der Waals surface area contributed by atoms with Gasteiger partial charge in [0.25, 0.3) is 0 Å². The van der Waals surface area contributed by atoms with Gasteiger partial charge in [0.2, 0.25) is 0 Å². The Bertz CT molecular complexity index is 176. The van der Waals surface area contributed by atoms with Gasteiger partial charge in [-0.25, -0.2) is 0 Å². The quantitative estimate of drug-likeness (QED) is 0.453. The van der Waals surface area contributed by atoms with E-state index in [1.54, 1.807) is 13.2 Å². The molecular formula is C8H12O4. The topological polar surface area (TPSA) is 44.8 Å². The lowest BCUT2D eigenvalue weighted by Crippen LogP contribution is -2.19. The Labute approximate surface area is 71.1 Å². The highest BCUT2D eigenvalue weighted by molar-refractivity contribution is 5.74. The number of hydrogen-bond donors (Lipinski definition) is 0. The summed E-state index contributed by atoms with van der Waals surface area (Å²) in [5, 5.41) is 0. The third-order valence-electron chi connectivity index (χ3n) is 1.52. The first-order valence-corrected chi connectivity index (χ1v) is 3.78. The van der Waals surface area contributed by atoms with Gasteiger partial charge in [-0.05, 0) is 6.08 Å². The second kappa shape index (κ2) is 4.77. The van der Waals surface area contributed by atoms with E-state index < -0.39 is 0 Å². The zero-order valence-electron chi connectivity index (χ0n) is 6.99. The van der Waals surface area contributed by atoms with Crippen LogP contribution in [0.25, 0.3) is 0 Å². The predicted octanol–water partition coefficient (Wildman–Crippen LogP) is 0.336. The van der Waals surface area contributed by atoms with Crippen molar-refractivity contribution in [1.82, 2.24) is 0 Å². The lowest BCUT2D eigenvalue weighted by molar-refractivity contribution is -0.148. The van der Waals surface area contributed by atoms with Gasteiger partial charge in [-0.2, -0.15) is 0 Å². The van der Waals surface area contributed by atoms with Crippen LogP contribution in [0, 0.1) is 5.92 Å². The van der Waals surface area contributed by atoms with Crippen LogP contribution in [0.1, 0.15) is 0 Å². The maximum Gasteiger partial charge on any atom is 0.316 e. The highest BCUT2D eigenvalue weighted by Gasteiger charge is 2.20. The van der Waals surface area contributed by atoms with Gasteiger partial charge in [-0.1, -0.05) is 0 Å². The van der Waals surface area contributed by atoms with Gasteiger partial charge >= 0.3 is 5.97 Å². The fourth-order valence-electron chi connectivity index (χ4n) is 0.844. The molecule has 1 atom stereocenters. The molecule has 0 aromatic carbocycles. The second-order valence-corrected chi connectivity index (χ2v) is 2.43. The van der Waals surface area contributed by atoms with Gasteiger partial charge in [0.1, 0.15) is 19.1 Å². The van der Waals surface area contributed by atoms with Crippen LogP contribution in [0.3, 0.4) is 0 Å². The lowest BCUT2D eigenvalue weighted by atomic mass is 10.2. The zero-order chi connectivity index (χ0) is 8.81. The molecule has 4 heteroatoms. The van der Waals surface area contributed by atoms with E-state index in [-0.39, 0.29) is 11.9 Å². The highest BCUT2D eigenvalue weighted by atomic mass is 16.6. The van der Waals surface area contributed by atoms with Crippen molar-refractivity contribution >= 4 is 5.97 Å². The van der Waals surface area contributed by atoms with Crippen LogP contribution in [-0.2, 0) is 19.0 Å². The van der Waals surface area contributed by atoms with Crippen molar-refractivity contribution in [3.8, 4) is 0 Å². The molecule has 0 aliphatic carbocycles. The summed E-state index contributed by atoms with van der Waals surface area (Å²) in [6.45, 7) is 1.13. The minimum absolute atomic E-state index is 0.234. The number of rotatable bonds is 4. The van der Waals surface area contributed by atoms with Gasteiger partial charge in [0.05, 0.1) is 12.9 Å². The summed E-state index contributed by atoms with van der Waals surface area (Å²) < 4.78 is 14.5. The molecule has 4 nitrogen and oxygen atoms in total.